The molecule has 0 amide bonds. The third-order valence-corrected chi connectivity index (χ3v) is 2.39. The lowest BCUT2D eigenvalue weighted by Crippen LogP contribution is -2.00. The van der Waals surface area contributed by atoms with Gasteiger partial charge in [-0.3, -0.25) is 4.68 Å². The second-order valence-corrected chi connectivity index (χ2v) is 3.38. The van der Waals surface area contributed by atoms with Crippen molar-refractivity contribution in [3.8, 4) is 6.07 Å². The van der Waals surface area contributed by atoms with Gasteiger partial charge in [-0.1, -0.05) is 18.2 Å². The van der Waals surface area contributed by atoms with Crippen molar-refractivity contribution in [2.45, 2.75) is 12.8 Å². The third-order valence-electron chi connectivity index (χ3n) is 2.39. The SMILES string of the molecule is CC(C#N)c1c2ccccc2nn1C. The van der Waals surface area contributed by atoms with Crippen LogP contribution in [-0.2, 0) is 7.05 Å². The van der Waals surface area contributed by atoms with Gasteiger partial charge in [0.25, 0.3) is 0 Å². The number of benzene rings is 1. The van der Waals surface area contributed by atoms with Gasteiger partial charge in [-0.15, -0.1) is 0 Å². The van der Waals surface area contributed by atoms with E-state index in [0.29, 0.717) is 0 Å². The molecule has 1 heterocycles. The van der Waals surface area contributed by atoms with Crippen molar-refractivity contribution in [1.29, 1.82) is 5.26 Å². The molecule has 14 heavy (non-hydrogen) atoms. The number of aromatic nitrogens is 2. The Labute approximate surface area is 82.6 Å². The summed E-state index contributed by atoms with van der Waals surface area (Å²) in [7, 11) is 1.88. The average molecular weight is 185 g/mol. The highest BCUT2D eigenvalue weighted by molar-refractivity contribution is 5.82. The van der Waals surface area contributed by atoms with Crippen LogP contribution in [0, 0.1) is 11.3 Å². The quantitative estimate of drug-likeness (QED) is 0.683. The number of hydrogen-bond acceptors (Lipinski definition) is 2. The molecule has 0 saturated heterocycles. The highest BCUT2D eigenvalue weighted by atomic mass is 15.3. The Morgan fingerprint density at radius 2 is 2.14 bits per heavy atom. The lowest BCUT2D eigenvalue weighted by atomic mass is 10.1. The molecule has 0 aliphatic heterocycles. The molecular formula is C11H11N3. The van der Waals surface area contributed by atoms with Gasteiger partial charge in [0.05, 0.1) is 23.2 Å². The number of rotatable bonds is 1. The molecule has 0 bridgehead atoms. The van der Waals surface area contributed by atoms with E-state index < -0.39 is 0 Å². The molecule has 0 fully saturated rings. The second kappa shape index (κ2) is 3.15. The van der Waals surface area contributed by atoms with Gasteiger partial charge in [0, 0.05) is 12.4 Å². The Hall–Kier alpha value is -1.82. The van der Waals surface area contributed by atoms with Crippen LogP contribution in [0.4, 0.5) is 0 Å². The van der Waals surface area contributed by atoms with Crippen molar-refractivity contribution in [2.75, 3.05) is 0 Å². The van der Waals surface area contributed by atoms with Gasteiger partial charge in [0.15, 0.2) is 0 Å². The molecule has 0 spiro atoms. The second-order valence-electron chi connectivity index (χ2n) is 3.38. The topological polar surface area (TPSA) is 41.6 Å². The molecule has 0 saturated carbocycles. The van der Waals surface area contributed by atoms with Gasteiger partial charge in [-0.25, -0.2) is 0 Å². The minimum Gasteiger partial charge on any atom is -0.270 e. The Kier molecular flexibility index (Phi) is 1.97. The molecule has 70 valence electrons. The van der Waals surface area contributed by atoms with Crippen LogP contribution in [0.1, 0.15) is 18.5 Å². The molecule has 1 atom stereocenters. The first-order chi connectivity index (χ1) is 6.74. The number of aryl methyl sites for hydroxylation is 1. The van der Waals surface area contributed by atoms with Crippen molar-refractivity contribution in [3.05, 3.63) is 30.0 Å². The van der Waals surface area contributed by atoms with E-state index >= 15 is 0 Å². The molecular weight excluding hydrogens is 174 g/mol. The fraction of sp³-hybridized carbons (Fsp3) is 0.273. The zero-order valence-corrected chi connectivity index (χ0v) is 8.23. The molecule has 2 aromatic rings. The van der Waals surface area contributed by atoms with E-state index in [-0.39, 0.29) is 5.92 Å². The summed E-state index contributed by atoms with van der Waals surface area (Å²) in [6.07, 6.45) is 0. The van der Waals surface area contributed by atoms with Crippen LogP contribution in [0.25, 0.3) is 10.9 Å². The van der Waals surface area contributed by atoms with Crippen molar-refractivity contribution in [3.63, 3.8) is 0 Å². The minimum absolute atomic E-state index is 0.118. The normalized spacial score (nSPS) is 12.6. The van der Waals surface area contributed by atoms with E-state index in [1.165, 1.54) is 0 Å². The summed E-state index contributed by atoms with van der Waals surface area (Å²) in [5, 5.41) is 14.3. The van der Waals surface area contributed by atoms with E-state index in [0.717, 1.165) is 16.6 Å². The lowest BCUT2D eigenvalue weighted by molar-refractivity contribution is 0.706. The van der Waals surface area contributed by atoms with Gasteiger partial charge >= 0.3 is 0 Å². The third kappa shape index (κ3) is 1.16. The molecule has 2 rings (SSSR count). The first kappa shape index (κ1) is 8.76. The van der Waals surface area contributed by atoms with Gasteiger partial charge in [-0.05, 0) is 13.0 Å². The fourth-order valence-electron chi connectivity index (χ4n) is 1.74. The van der Waals surface area contributed by atoms with E-state index in [9.17, 15) is 0 Å². The van der Waals surface area contributed by atoms with Crippen molar-refractivity contribution in [1.82, 2.24) is 9.78 Å². The number of nitrogens with zero attached hydrogens (tertiary/aromatic N) is 3. The molecule has 1 aromatic heterocycles. The zero-order chi connectivity index (χ0) is 10.1. The molecule has 0 N–H and O–H groups in total. The molecule has 3 heteroatoms. The maximum Gasteiger partial charge on any atom is 0.0926 e. The largest absolute Gasteiger partial charge is 0.270 e. The predicted octanol–water partition coefficient (Wildman–Crippen LogP) is 2.20. The summed E-state index contributed by atoms with van der Waals surface area (Å²) in [5.74, 6) is -0.118. The van der Waals surface area contributed by atoms with Crippen LogP contribution in [0.5, 0.6) is 0 Å². The Balaban J connectivity index is 2.75. The lowest BCUT2D eigenvalue weighted by Gasteiger charge is -2.02. The van der Waals surface area contributed by atoms with Crippen LogP contribution >= 0.6 is 0 Å². The number of hydrogen-bond donors (Lipinski definition) is 0. The van der Waals surface area contributed by atoms with Crippen LogP contribution in [-0.4, -0.2) is 9.78 Å². The van der Waals surface area contributed by atoms with Crippen molar-refractivity contribution in [2.24, 2.45) is 7.05 Å². The summed E-state index contributed by atoms with van der Waals surface area (Å²) in [6, 6.07) is 10.1. The summed E-state index contributed by atoms with van der Waals surface area (Å²) < 4.78 is 1.79. The maximum atomic E-state index is 8.90. The molecule has 0 aliphatic rings. The van der Waals surface area contributed by atoms with E-state index in [4.69, 9.17) is 5.26 Å². The molecule has 1 aromatic carbocycles. The van der Waals surface area contributed by atoms with E-state index in [2.05, 4.69) is 11.2 Å². The Morgan fingerprint density at radius 3 is 2.86 bits per heavy atom. The molecule has 1 unspecified atom stereocenters. The summed E-state index contributed by atoms with van der Waals surface area (Å²) in [6.45, 7) is 1.89. The van der Waals surface area contributed by atoms with E-state index in [1.54, 1.807) is 4.68 Å². The highest BCUT2D eigenvalue weighted by Crippen LogP contribution is 2.23. The van der Waals surface area contributed by atoms with Gasteiger partial charge in [-0.2, -0.15) is 10.4 Å². The molecule has 0 radical (unpaired) electrons. The summed E-state index contributed by atoms with van der Waals surface area (Å²) in [4.78, 5) is 0. The maximum absolute atomic E-state index is 8.90. The summed E-state index contributed by atoms with van der Waals surface area (Å²) in [5.41, 5.74) is 1.94. The monoisotopic (exact) mass is 185 g/mol. The zero-order valence-electron chi connectivity index (χ0n) is 8.23. The van der Waals surface area contributed by atoms with Crippen LogP contribution in [0.2, 0.25) is 0 Å². The minimum atomic E-state index is -0.118. The first-order valence-corrected chi connectivity index (χ1v) is 4.55. The average Bonchev–Trinajstić information content (AvgIpc) is 2.53. The highest BCUT2D eigenvalue weighted by Gasteiger charge is 2.13. The smallest absolute Gasteiger partial charge is 0.0926 e. The first-order valence-electron chi connectivity index (χ1n) is 4.55. The van der Waals surface area contributed by atoms with Gasteiger partial charge in [0.2, 0.25) is 0 Å². The Morgan fingerprint density at radius 1 is 1.43 bits per heavy atom. The van der Waals surface area contributed by atoms with Crippen LogP contribution in [0.3, 0.4) is 0 Å². The fourth-order valence-corrected chi connectivity index (χ4v) is 1.74. The van der Waals surface area contributed by atoms with Crippen LogP contribution in [0.15, 0.2) is 24.3 Å². The standard InChI is InChI=1S/C11H11N3/c1-8(7-12)11-9-5-3-4-6-10(9)13-14(11)2/h3-6,8H,1-2H3. The van der Waals surface area contributed by atoms with Crippen molar-refractivity contribution >= 4 is 10.9 Å². The Bertz CT molecular complexity index is 505. The molecule has 0 aliphatic carbocycles. The number of nitriles is 1. The molecule has 3 nitrogen and oxygen atoms in total. The summed E-state index contributed by atoms with van der Waals surface area (Å²) >= 11 is 0. The van der Waals surface area contributed by atoms with Gasteiger partial charge in [0.1, 0.15) is 0 Å². The van der Waals surface area contributed by atoms with Gasteiger partial charge < -0.3 is 0 Å². The van der Waals surface area contributed by atoms with Crippen LogP contribution < -0.4 is 0 Å². The predicted molar refractivity (Wildman–Crippen MR) is 54.7 cm³/mol. The van der Waals surface area contributed by atoms with E-state index in [1.807, 2.05) is 38.2 Å². The number of fused-ring (bicyclic) bond motifs is 1. The van der Waals surface area contributed by atoms with Crippen molar-refractivity contribution < 1.29 is 0 Å².